The maximum Gasteiger partial charge on any atom is 0.270 e. The Morgan fingerprint density at radius 2 is 1.80 bits per heavy atom. The lowest BCUT2D eigenvalue weighted by Gasteiger charge is -2.35. The number of non-ortho nitro benzene ring substituents is 1. The Balaban J connectivity index is 1.41. The average molecular weight is 417 g/mol. The highest BCUT2D eigenvalue weighted by molar-refractivity contribution is 5.50. The minimum absolute atomic E-state index is 0.0506. The van der Waals surface area contributed by atoms with Crippen molar-refractivity contribution < 1.29 is 23.5 Å². The largest absolute Gasteiger partial charge is 0.496 e. The number of methoxy groups -OCH3 is 1. The Bertz CT molecular complexity index is 931. The first kappa shape index (κ1) is 20.5. The molecule has 0 saturated carbocycles. The van der Waals surface area contributed by atoms with E-state index in [4.69, 9.17) is 14.2 Å². The highest BCUT2D eigenvalue weighted by Crippen LogP contribution is 2.33. The molecule has 30 heavy (non-hydrogen) atoms. The molecule has 0 spiro atoms. The lowest BCUT2D eigenvalue weighted by molar-refractivity contribution is -0.385. The number of ether oxygens (including phenoxy) is 3. The van der Waals surface area contributed by atoms with Gasteiger partial charge >= 0.3 is 0 Å². The van der Waals surface area contributed by atoms with E-state index in [-0.39, 0.29) is 23.2 Å². The van der Waals surface area contributed by atoms with Crippen molar-refractivity contribution in [2.24, 2.45) is 0 Å². The number of nitro benzene ring substituents is 1. The van der Waals surface area contributed by atoms with Crippen molar-refractivity contribution in [3.63, 3.8) is 0 Å². The lowest BCUT2D eigenvalue weighted by atomic mass is 10.1. The first-order valence-electron chi connectivity index (χ1n) is 9.81. The topological polar surface area (TPSA) is 77.3 Å². The van der Waals surface area contributed by atoms with Crippen LogP contribution in [0.15, 0.2) is 30.3 Å². The van der Waals surface area contributed by atoms with Crippen LogP contribution in [0.5, 0.6) is 11.5 Å². The third kappa shape index (κ3) is 4.53. The maximum absolute atomic E-state index is 13.6. The van der Waals surface area contributed by atoms with Crippen LogP contribution in [0.2, 0.25) is 0 Å². The van der Waals surface area contributed by atoms with Crippen molar-refractivity contribution in [3.05, 3.63) is 63.0 Å². The van der Waals surface area contributed by atoms with Crippen molar-refractivity contribution in [3.8, 4) is 11.5 Å². The molecule has 0 N–H and O–H groups in total. The van der Waals surface area contributed by atoms with E-state index in [1.807, 2.05) is 0 Å². The van der Waals surface area contributed by atoms with E-state index in [0.29, 0.717) is 36.8 Å². The molecule has 160 valence electrons. The molecule has 0 unspecified atom stereocenters. The van der Waals surface area contributed by atoms with Crippen LogP contribution in [0.3, 0.4) is 0 Å². The number of nitrogens with zero attached hydrogens (tertiary/aromatic N) is 3. The number of benzene rings is 2. The molecule has 1 fully saturated rings. The quantitative estimate of drug-likeness (QED) is 0.528. The van der Waals surface area contributed by atoms with Gasteiger partial charge in [0.05, 0.1) is 18.6 Å². The molecule has 2 aliphatic heterocycles. The third-order valence-corrected chi connectivity index (χ3v) is 5.48. The fraction of sp³-hybridized carbons (Fsp3) is 0.429. The second-order valence-corrected chi connectivity index (χ2v) is 7.47. The molecule has 8 nitrogen and oxygen atoms in total. The molecular weight excluding hydrogens is 393 g/mol. The van der Waals surface area contributed by atoms with Gasteiger partial charge in [-0.05, 0) is 18.2 Å². The van der Waals surface area contributed by atoms with Gasteiger partial charge in [0, 0.05) is 68.1 Å². The van der Waals surface area contributed by atoms with E-state index >= 15 is 0 Å². The van der Waals surface area contributed by atoms with Crippen molar-refractivity contribution >= 4 is 5.69 Å². The van der Waals surface area contributed by atoms with Crippen LogP contribution in [0.1, 0.15) is 16.7 Å². The first-order valence-corrected chi connectivity index (χ1v) is 9.81. The second-order valence-electron chi connectivity index (χ2n) is 7.47. The fourth-order valence-electron chi connectivity index (χ4n) is 3.96. The molecule has 0 aromatic heterocycles. The molecule has 9 heteroatoms. The highest BCUT2D eigenvalue weighted by Gasteiger charge is 2.24. The summed E-state index contributed by atoms with van der Waals surface area (Å²) in [6.45, 7) is 4.86. The van der Waals surface area contributed by atoms with Gasteiger partial charge in [-0.3, -0.25) is 19.9 Å². The maximum atomic E-state index is 13.6. The molecule has 2 aromatic carbocycles. The minimum atomic E-state index is -0.386. The predicted octanol–water partition coefficient (Wildman–Crippen LogP) is 2.93. The molecule has 0 bridgehead atoms. The highest BCUT2D eigenvalue weighted by atomic mass is 19.1. The molecule has 2 heterocycles. The molecule has 2 aliphatic rings. The Kier molecular flexibility index (Phi) is 6.12. The first-order chi connectivity index (χ1) is 14.5. The third-order valence-electron chi connectivity index (χ3n) is 5.48. The van der Waals surface area contributed by atoms with Crippen LogP contribution >= 0.6 is 0 Å². The van der Waals surface area contributed by atoms with Gasteiger partial charge < -0.3 is 14.2 Å². The average Bonchev–Trinajstić information content (AvgIpc) is 2.75. The van der Waals surface area contributed by atoms with Crippen molar-refractivity contribution in [2.45, 2.75) is 19.7 Å². The summed E-state index contributed by atoms with van der Waals surface area (Å²) in [7, 11) is 1.58. The second kappa shape index (κ2) is 8.95. The molecule has 0 atom stereocenters. The smallest absolute Gasteiger partial charge is 0.270 e. The molecule has 0 aliphatic carbocycles. The number of fused-ring (bicyclic) bond motifs is 1. The van der Waals surface area contributed by atoms with E-state index in [1.54, 1.807) is 19.2 Å². The van der Waals surface area contributed by atoms with Crippen LogP contribution in [0.25, 0.3) is 0 Å². The van der Waals surface area contributed by atoms with Crippen LogP contribution in [-0.4, -0.2) is 54.8 Å². The van der Waals surface area contributed by atoms with Crippen LogP contribution in [0, 0.1) is 15.9 Å². The minimum Gasteiger partial charge on any atom is -0.496 e. The van der Waals surface area contributed by atoms with E-state index in [9.17, 15) is 14.5 Å². The summed E-state index contributed by atoms with van der Waals surface area (Å²) in [5.41, 5.74) is 2.40. The van der Waals surface area contributed by atoms with E-state index in [0.717, 1.165) is 37.3 Å². The predicted molar refractivity (Wildman–Crippen MR) is 107 cm³/mol. The monoisotopic (exact) mass is 417 g/mol. The Morgan fingerprint density at radius 1 is 1.10 bits per heavy atom. The number of nitro groups is 1. The summed E-state index contributed by atoms with van der Waals surface area (Å²) in [5.74, 6) is 1.10. The van der Waals surface area contributed by atoms with Gasteiger partial charge in [0.15, 0.2) is 6.79 Å². The van der Waals surface area contributed by atoms with Gasteiger partial charge in [-0.25, -0.2) is 4.39 Å². The number of rotatable bonds is 6. The number of hydrogen-bond acceptors (Lipinski definition) is 7. The summed E-state index contributed by atoms with van der Waals surface area (Å²) in [5, 5.41) is 11.3. The standard InChI is InChI=1S/C21H24FN3O5/c1-28-20-3-2-18(22)8-15(20)11-23-4-6-24(7-5-23)12-16-9-19(25(26)27)10-17-13-29-14-30-21(16)17/h2-3,8-10H,4-7,11-14H2,1H3. The van der Waals surface area contributed by atoms with Crippen molar-refractivity contribution in [1.29, 1.82) is 0 Å². The summed E-state index contributed by atoms with van der Waals surface area (Å²) in [6, 6.07) is 7.67. The van der Waals surface area contributed by atoms with Crippen LogP contribution in [0.4, 0.5) is 10.1 Å². The number of piperazine rings is 1. The summed E-state index contributed by atoms with van der Waals surface area (Å²) in [6.07, 6.45) is 0. The Labute approximate surface area is 173 Å². The molecular formula is C21H24FN3O5. The normalized spacial score (nSPS) is 17.3. The summed E-state index contributed by atoms with van der Waals surface area (Å²) < 4.78 is 29.9. The zero-order valence-electron chi connectivity index (χ0n) is 16.8. The number of hydrogen-bond donors (Lipinski definition) is 0. The van der Waals surface area contributed by atoms with Crippen molar-refractivity contribution in [1.82, 2.24) is 9.80 Å². The van der Waals surface area contributed by atoms with Crippen molar-refractivity contribution in [2.75, 3.05) is 40.1 Å². The van der Waals surface area contributed by atoms with Gasteiger partial charge in [-0.15, -0.1) is 0 Å². The molecule has 0 amide bonds. The van der Waals surface area contributed by atoms with Gasteiger partial charge in [0.2, 0.25) is 0 Å². The molecule has 1 saturated heterocycles. The molecule has 0 radical (unpaired) electrons. The van der Waals surface area contributed by atoms with Gasteiger partial charge in [0.1, 0.15) is 17.3 Å². The summed E-state index contributed by atoms with van der Waals surface area (Å²) >= 11 is 0. The lowest BCUT2D eigenvalue weighted by Crippen LogP contribution is -2.45. The molecule has 4 rings (SSSR count). The van der Waals surface area contributed by atoms with Gasteiger partial charge in [-0.2, -0.15) is 0 Å². The SMILES string of the molecule is COc1ccc(F)cc1CN1CCN(Cc2cc([N+](=O)[O-])cc3c2OCOC3)CC1. The van der Waals surface area contributed by atoms with Gasteiger partial charge in [0.25, 0.3) is 5.69 Å². The van der Waals surface area contributed by atoms with E-state index < -0.39 is 0 Å². The Morgan fingerprint density at radius 3 is 2.47 bits per heavy atom. The van der Waals surface area contributed by atoms with E-state index in [2.05, 4.69) is 9.80 Å². The molecule has 2 aromatic rings. The van der Waals surface area contributed by atoms with Crippen LogP contribution < -0.4 is 9.47 Å². The van der Waals surface area contributed by atoms with E-state index in [1.165, 1.54) is 18.2 Å². The zero-order chi connectivity index (χ0) is 21.1. The summed E-state index contributed by atoms with van der Waals surface area (Å²) in [4.78, 5) is 15.4. The van der Waals surface area contributed by atoms with Gasteiger partial charge in [-0.1, -0.05) is 0 Å². The van der Waals surface area contributed by atoms with Crippen LogP contribution in [-0.2, 0) is 24.4 Å². The fourth-order valence-corrected chi connectivity index (χ4v) is 3.96. The Hall–Kier alpha value is -2.75. The number of halogens is 1. The zero-order valence-corrected chi connectivity index (χ0v) is 16.8.